The van der Waals surface area contributed by atoms with Crippen molar-refractivity contribution in [1.29, 1.82) is 0 Å². The van der Waals surface area contributed by atoms with Crippen LogP contribution in [0, 0.1) is 6.92 Å². The van der Waals surface area contributed by atoms with Gasteiger partial charge in [-0.15, -0.1) is 0 Å². The Morgan fingerprint density at radius 2 is 2.38 bits per heavy atom. The van der Waals surface area contributed by atoms with Crippen LogP contribution in [0.5, 0.6) is 5.75 Å². The van der Waals surface area contributed by atoms with Gasteiger partial charge in [-0.3, -0.25) is 0 Å². The number of aryl methyl sites for hydroxylation is 1. The number of nitrogens with two attached hydrogens (primary N) is 1. The summed E-state index contributed by atoms with van der Waals surface area (Å²) >= 11 is 0. The monoisotopic (exact) mass is 221 g/mol. The number of benzene rings is 1. The van der Waals surface area contributed by atoms with Gasteiger partial charge in [-0.25, -0.2) is 0 Å². The highest BCUT2D eigenvalue weighted by molar-refractivity contribution is 5.37. The zero-order valence-electron chi connectivity index (χ0n) is 9.74. The van der Waals surface area contributed by atoms with E-state index >= 15 is 0 Å². The summed E-state index contributed by atoms with van der Waals surface area (Å²) in [4.78, 5) is 0. The molecule has 0 spiro atoms. The van der Waals surface area contributed by atoms with E-state index in [0.717, 1.165) is 25.2 Å². The highest BCUT2D eigenvalue weighted by Crippen LogP contribution is 2.23. The van der Waals surface area contributed by atoms with Crippen LogP contribution in [0.2, 0.25) is 0 Å². The van der Waals surface area contributed by atoms with Gasteiger partial charge >= 0.3 is 0 Å². The highest BCUT2D eigenvalue weighted by atomic mass is 16.5. The van der Waals surface area contributed by atoms with Crippen molar-refractivity contribution < 1.29 is 9.47 Å². The van der Waals surface area contributed by atoms with Crippen LogP contribution in [-0.2, 0) is 11.2 Å². The van der Waals surface area contributed by atoms with E-state index in [4.69, 9.17) is 15.2 Å². The van der Waals surface area contributed by atoms with Gasteiger partial charge in [-0.2, -0.15) is 0 Å². The lowest BCUT2D eigenvalue weighted by Gasteiger charge is -2.15. The molecule has 1 aliphatic heterocycles. The molecule has 1 heterocycles. The third-order valence-corrected chi connectivity index (χ3v) is 2.81. The molecule has 2 rings (SSSR count). The molecule has 3 nitrogen and oxygen atoms in total. The van der Waals surface area contributed by atoms with Crippen LogP contribution in [0.15, 0.2) is 18.2 Å². The summed E-state index contributed by atoms with van der Waals surface area (Å²) in [5, 5.41) is 0. The van der Waals surface area contributed by atoms with Crippen molar-refractivity contribution in [3.8, 4) is 5.75 Å². The molecule has 0 radical (unpaired) electrons. The second kappa shape index (κ2) is 5.32. The zero-order valence-corrected chi connectivity index (χ0v) is 9.74. The lowest BCUT2D eigenvalue weighted by molar-refractivity contribution is 0.140. The summed E-state index contributed by atoms with van der Waals surface area (Å²) in [6.07, 6.45) is 2.06. The fourth-order valence-electron chi connectivity index (χ4n) is 1.96. The van der Waals surface area contributed by atoms with E-state index in [2.05, 4.69) is 19.1 Å². The van der Waals surface area contributed by atoms with Crippen molar-refractivity contribution >= 4 is 0 Å². The first-order chi connectivity index (χ1) is 7.79. The van der Waals surface area contributed by atoms with Crippen molar-refractivity contribution in [2.24, 2.45) is 5.73 Å². The lowest BCUT2D eigenvalue weighted by atomic mass is 10.1. The Bertz CT molecular complexity index is 346. The molecule has 1 atom stereocenters. The molecule has 0 aliphatic carbocycles. The fourth-order valence-corrected chi connectivity index (χ4v) is 1.96. The molecular weight excluding hydrogens is 202 g/mol. The van der Waals surface area contributed by atoms with Crippen LogP contribution < -0.4 is 10.5 Å². The SMILES string of the molecule is Cc1ccc(OC2CCOC2)c(CCN)c1. The van der Waals surface area contributed by atoms with E-state index in [-0.39, 0.29) is 6.10 Å². The van der Waals surface area contributed by atoms with Crippen LogP contribution in [-0.4, -0.2) is 25.9 Å². The smallest absolute Gasteiger partial charge is 0.124 e. The molecule has 1 aromatic rings. The molecule has 88 valence electrons. The predicted molar refractivity (Wildman–Crippen MR) is 63.8 cm³/mol. The van der Waals surface area contributed by atoms with Crippen LogP contribution in [0.1, 0.15) is 17.5 Å². The third kappa shape index (κ3) is 2.74. The average Bonchev–Trinajstić information content (AvgIpc) is 2.75. The van der Waals surface area contributed by atoms with Gasteiger partial charge < -0.3 is 15.2 Å². The summed E-state index contributed by atoms with van der Waals surface area (Å²) < 4.78 is 11.2. The minimum Gasteiger partial charge on any atom is -0.488 e. The van der Waals surface area contributed by atoms with Crippen molar-refractivity contribution in [2.75, 3.05) is 19.8 Å². The number of hydrogen-bond acceptors (Lipinski definition) is 3. The molecule has 3 heteroatoms. The van der Waals surface area contributed by atoms with Gasteiger partial charge in [-0.05, 0) is 31.5 Å². The van der Waals surface area contributed by atoms with Gasteiger partial charge in [0.2, 0.25) is 0 Å². The largest absolute Gasteiger partial charge is 0.488 e. The molecule has 1 aliphatic rings. The van der Waals surface area contributed by atoms with E-state index in [1.165, 1.54) is 11.1 Å². The quantitative estimate of drug-likeness (QED) is 0.841. The van der Waals surface area contributed by atoms with Crippen molar-refractivity contribution in [3.63, 3.8) is 0 Å². The summed E-state index contributed by atoms with van der Waals surface area (Å²) in [7, 11) is 0. The maximum atomic E-state index is 5.93. The minimum absolute atomic E-state index is 0.208. The Morgan fingerprint density at radius 1 is 1.50 bits per heavy atom. The van der Waals surface area contributed by atoms with E-state index in [1.807, 2.05) is 6.07 Å². The number of ether oxygens (including phenoxy) is 2. The van der Waals surface area contributed by atoms with Gasteiger partial charge in [0.05, 0.1) is 13.2 Å². The maximum absolute atomic E-state index is 5.93. The minimum atomic E-state index is 0.208. The molecule has 0 amide bonds. The Balaban J connectivity index is 2.11. The van der Waals surface area contributed by atoms with E-state index in [0.29, 0.717) is 13.2 Å². The Hall–Kier alpha value is -1.06. The third-order valence-electron chi connectivity index (χ3n) is 2.81. The van der Waals surface area contributed by atoms with Gasteiger partial charge in [0.25, 0.3) is 0 Å². The average molecular weight is 221 g/mol. The molecule has 1 aromatic carbocycles. The lowest BCUT2D eigenvalue weighted by Crippen LogP contribution is -2.17. The van der Waals surface area contributed by atoms with E-state index in [1.54, 1.807) is 0 Å². The predicted octanol–water partition coefficient (Wildman–Crippen LogP) is 1.66. The topological polar surface area (TPSA) is 44.5 Å². The summed E-state index contributed by atoms with van der Waals surface area (Å²) in [6, 6.07) is 6.27. The number of hydrogen-bond donors (Lipinski definition) is 1. The summed E-state index contributed by atoms with van der Waals surface area (Å²) in [5.41, 5.74) is 8.06. The summed E-state index contributed by atoms with van der Waals surface area (Å²) in [5.74, 6) is 0.964. The second-order valence-electron chi connectivity index (χ2n) is 4.25. The molecule has 0 aromatic heterocycles. The van der Waals surface area contributed by atoms with Crippen molar-refractivity contribution in [1.82, 2.24) is 0 Å². The van der Waals surface area contributed by atoms with Crippen molar-refractivity contribution in [3.05, 3.63) is 29.3 Å². The number of rotatable bonds is 4. The van der Waals surface area contributed by atoms with Gasteiger partial charge in [0.1, 0.15) is 11.9 Å². The zero-order chi connectivity index (χ0) is 11.4. The van der Waals surface area contributed by atoms with Crippen LogP contribution in [0.3, 0.4) is 0 Å². The highest BCUT2D eigenvalue weighted by Gasteiger charge is 2.18. The molecule has 0 bridgehead atoms. The Morgan fingerprint density at radius 3 is 3.06 bits per heavy atom. The van der Waals surface area contributed by atoms with Gasteiger partial charge in [0.15, 0.2) is 0 Å². The van der Waals surface area contributed by atoms with E-state index in [9.17, 15) is 0 Å². The summed E-state index contributed by atoms with van der Waals surface area (Å²) in [6.45, 7) is 4.25. The Labute approximate surface area is 96.5 Å². The first kappa shape index (κ1) is 11.4. The second-order valence-corrected chi connectivity index (χ2v) is 4.25. The Kier molecular flexibility index (Phi) is 3.80. The molecule has 1 unspecified atom stereocenters. The normalized spacial score (nSPS) is 20.0. The molecule has 1 fully saturated rings. The van der Waals surface area contributed by atoms with Crippen LogP contribution in [0.25, 0.3) is 0 Å². The molecule has 0 saturated carbocycles. The first-order valence-corrected chi connectivity index (χ1v) is 5.83. The van der Waals surface area contributed by atoms with Gasteiger partial charge in [-0.1, -0.05) is 17.7 Å². The van der Waals surface area contributed by atoms with Crippen LogP contribution in [0.4, 0.5) is 0 Å². The molecular formula is C13H19NO2. The van der Waals surface area contributed by atoms with E-state index < -0.39 is 0 Å². The maximum Gasteiger partial charge on any atom is 0.124 e. The molecule has 2 N–H and O–H groups in total. The molecule has 16 heavy (non-hydrogen) atoms. The van der Waals surface area contributed by atoms with Gasteiger partial charge in [0, 0.05) is 6.42 Å². The fraction of sp³-hybridized carbons (Fsp3) is 0.538. The van der Waals surface area contributed by atoms with Crippen molar-refractivity contribution in [2.45, 2.75) is 25.9 Å². The van der Waals surface area contributed by atoms with Crippen LogP contribution >= 0.6 is 0 Å². The first-order valence-electron chi connectivity index (χ1n) is 5.83. The standard InChI is InChI=1S/C13H19NO2/c1-10-2-3-13(11(8-10)4-6-14)16-12-5-7-15-9-12/h2-3,8,12H,4-7,9,14H2,1H3. The molecule has 1 saturated heterocycles.